The van der Waals surface area contributed by atoms with Crippen molar-refractivity contribution in [3.8, 4) is 22.6 Å². The normalized spacial score (nSPS) is 11.8. The van der Waals surface area contributed by atoms with E-state index in [9.17, 15) is 4.79 Å². The highest BCUT2D eigenvalue weighted by atomic mass is 32.2. The Bertz CT molecular complexity index is 1100. The van der Waals surface area contributed by atoms with Crippen LogP contribution in [0.5, 0.6) is 0 Å². The molecule has 0 aliphatic heterocycles. The number of nitrogens with zero attached hydrogens (tertiary/aromatic N) is 2. The van der Waals surface area contributed by atoms with Crippen LogP contribution in [0.25, 0.3) is 22.6 Å². The van der Waals surface area contributed by atoms with Crippen molar-refractivity contribution in [1.29, 1.82) is 0 Å². The minimum atomic E-state index is -0.400. The Kier molecular flexibility index (Phi) is 5.72. The van der Waals surface area contributed by atoms with Crippen molar-refractivity contribution < 1.29 is 9.21 Å². The highest BCUT2D eigenvalue weighted by molar-refractivity contribution is 8.00. The smallest absolute Gasteiger partial charge is 0.277 e. The predicted molar refractivity (Wildman–Crippen MR) is 116 cm³/mol. The van der Waals surface area contributed by atoms with E-state index in [1.165, 1.54) is 11.8 Å². The Labute approximate surface area is 173 Å². The number of benzene rings is 3. The average molecular weight is 401 g/mol. The molecule has 1 aromatic heterocycles. The topological polar surface area (TPSA) is 68.0 Å². The Balaban J connectivity index is 1.46. The second kappa shape index (κ2) is 8.75. The van der Waals surface area contributed by atoms with Crippen molar-refractivity contribution in [2.45, 2.75) is 17.4 Å². The van der Waals surface area contributed by atoms with Gasteiger partial charge in [0.2, 0.25) is 11.8 Å². The Morgan fingerprint density at radius 1 is 0.862 bits per heavy atom. The predicted octanol–water partition coefficient (Wildman–Crippen LogP) is 5.52. The maximum atomic E-state index is 12.8. The summed E-state index contributed by atoms with van der Waals surface area (Å²) < 4.78 is 5.69. The van der Waals surface area contributed by atoms with E-state index in [2.05, 4.69) is 15.5 Å². The van der Waals surface area contributed by atoms with Gasteiger partial charge in [0.25, 0.3) is 5.22 Å². The highest BCUT2D eigenvalue weighted by Gasteiger charge is 2.20. The number of anilines is 1. The molecule has 0 aliphatic carbocycles. The summed E-state index contributed by atoms with van der Waals surface area (Å²) in [6, 6.07) is 27.3. The molecule has 3 aromatic carbocycles. The minimum absolute atomic E-state index is 0.127. The number of carbonyl (C=O) groups is 1. The largest absolute Gasteiger partial charge is 0.411 e. The molecule has 1 atom stereocenters. The lowest BCUT2D eigenvalue weighted by molar-refractivity contribution is -0.115. The van der Waals surface area contributed by atoms with Gasteiger partial charge in [-0.2, -0.15) is 0 Å². The molecule has 0 spiro atoms. The molecular formula is C23H19N3O2S. The number of rotatable bonds is 6. The molecule has 1 N–H and O–H groups in total. The van der Waals surface area contributed by atoms with Crippen LogP contribution in [0.3, 0.4) is 0 Å². The molecule has 0 saturated heterocycles. The highest BCUT2D eigenvalue weighted by Crippen LogP contribution is 2.30. The summed E-state index contributed by atoms with van der Waals surface area (Å²) in [7, 11) is 0. The fourth-order valence-corrected chi connectivity index (χ4v) is 3.54. The van der Waals surface area contributed by atoms with Crippen molar-refractivity contribution in [2.24, 2.45) is 0 Å². The first kappa shape index (κ1) is 19.0. The maximum absolute atomic E-state index is 12.8. The zero-order valence-electron chi connectivity index (χ0n) is 15.8. The van der Waals surface area contributed by atoms with E-state index in [0.29, 0.717) is 11.1 Å². The number of para-hydroxylation sites is 1. The molecule has 144 valence electrons. The van der Waals surface area contributed by atoms with Gasteiger partial charge in [-0.1, -0.05) is 78.5 Å². The second-order valence-electron chi connectivity index (χ2n) is 6.40. The van der Waals surface area contributed by atoms with Crippen LogP contribution in [0.15, 0.2) is 94.6 Å². The fraction of sp³-hybridized carbons (Fsp3) is 0.0870. The van der Waals surface area contributed by atoms with Gasteiger partial charge < -0.3 is 9.73 Å². The van der Waals surface area contributed by atoms with E-state index >= 15 is 0 Å². The number of nitrogens with one attached hydrogen (secondary N) is 1. The summed E-state index contributed by atoms with van der Waals surface area (Å²) >= 11 is 1.24. The van der Waals surface area contributed by atoms with Crippen molar-refractivity contribution >= 4 is 23.4 Å². The number of thioether (sulfide) groups is 1. The van der Waals surface area contributed by atoms with Crippen LogP contribution in [-0.2, 0) is 4.79 Å². The molecule has 0 saturated carbocycles. The summed E-state index contributed by atoms with van der Waals surface area (Å²) in [5, 5.41) is 11.1. The van der Waals surface area contributed by atoms with E-state index in [1.54, 1.807) is 0 Å². The average Bonchev–Trinajstić information content (AvgIpc) is 3.24. The van der Waals surface area contributed by atoms with Gasteiger partial charge in [0, 0.05) is 16.8 Å². The van der Waals surface area contributed by atoms with Gasteiger partial charge >= 0.3 is 0 Å². The monoisotopic (exact) mass is 401 g/mol. The molecular weight excluding hydrogens is 382 g/mol. The quantitative estimate of drug-likeness (QED) is 0.431. The molecule has 0 radical (unpaired) electrons. The van der Waals surface area contributed by atoms with Gasteiger partial charge in [-0.3, -0.25) is 4.79 Å². The molecule has 1 heterocycles. The second-order valence-corrected chi connectivity index (χ2v) is 7.69. The fourth-order valence-electron chi connectivity index (χ4n) is 2.86. The third kappa shape index (κ3) is 4.55. The zero-order chi connectivity index (χ0) is 20.1. The van der Waals surface area contributed by atoms with Crippen LogP contribution >= 0.6 is 11.8 Å². The molecule has 6 heteroatoms. The zero-order valence-corrected chi connectivity index (χ0v) is 16.6. The first-order valence-corrected chi connectivity index (χ1v) is 10.1. The van der Waals surface area contributed by atoms with Gasteiger partial charge in [-0.15, -0.1) is 10.2 Å². The first-order valence-electron chi connectivity index (χ1n) is 9.21. The summed E-state index contributed by atoms with van der Waals surface area (Å²) in [4.78, 5) is 12.8. The van der Waals surface area contributed by atoms with Crippen molar-refractivity contribution in [3.63, 3.8) is 0 Å². The van der Waals surface area contributed by atoms with Gasteiger partial charge in [0.05, 0.1) is 5.25 Å². The van der Waals surface area contributed by atoms with E-state index in [4.69, 9.17) is 4.42 Å². The Morgan fingerprint density at radius 3 is 2.21 bits per heavy atom. The summed E-state index contributed by atoms with van der Waals surface area (Å²) in [6.45, 7) is 1.82. The lowest BCUT2D eigenvalue weighted by atomic mass is 10.0. The SMILES string of the molecule is C[C@H](Sc1nnc(-c2ccccc2)o1)C(=O)Nc1ccccc1-c1ccccc1. The van der Waals surface area contributed by atoms with Crippen LogP contribution < -0.4 is 5.32 Å². The minimum Gasteiger partial charge on any atom is -0.411 e. The van der Waals surface area contributed by atoms with Gasteiger partial charge in [0.1, 0.15) is 0 Å². The number of hydrogen-bond donors (Lipinski definition) is 1. The van der Waals surface area contributed by atoms with Crippen LogP contribution in [0.4, 0.5) is 5.69 Å². The Hall–Kier alpha value is -3.38. The summed E-state index contributed by atoms with van der Waals surface area (Å²) in [6.07, 6.45) is 0. The molecule has 0 bridgehead atoms. The molecule has 29 heavy (non-hydrogen) atoms. The molecule has 0 fully saturated rings. The Morgan fingerprint density at radius 2 is 1.48 bits per heavy atom. The number of aromatic nitrogens is 2. The van der Waals surface area contributed by atoms with E-state index < -0.39 is 5.25 Å². The number of amides is 1. The van der Waals surface area contributed by atoms with E-state index in [1.807, 2.05) is 91.9 Å². The van der Waals surface area contributed by atoms with Crippen molar-refractivity contribution in [2.75, 3.05) is 5.32 Å². The number of hydrogen-bond acceptors (Lipinski definition) is 5. The van der Waals surface area contributed by atoms with Gasteiger partial charge in [-0.25, -0.2) is 0 Å². The van der Waals surface area contributed by atoms with Crippen LogP contribution in [0, 0.1) is 0 Å². The lowest BCUT2D eigenvalue weighted by Crippen LogP contribution is -2.22. The molecule has 0 aliphatic rings. The molecule has 4 aromatic rings. The third-order valence-corrected chi connectivity index (χ3v) is 5.28. The number of carbonyl (C=O) groups excluding carboxylic acids is 1. The first-order chi connectivity index (χ1) is 14.2. The molecule has 0 unspecified atom stereocenters. The van der Waals surface area contributed by atoms with Crippen molar-refractivity contribution in [3.05, 3.63) is 84.9 Å². The molecule has 5 nitrogen and oxygen atoms in total. The van der Waals surface area contributed by atoms with Crippen molar-refractivity contribution in [1.82, 2.24) is 10.2 Å². The van der Waals surface area contributed by atoms with Gasteiger partial charge in [-0.05, 0) is 30.7 Å². The lowest BCUT2D eigenvalue weighted by Gasteiger charge is -2.14. The summed E-state index contributed by atoms with van der Waals surface area (Å²) in [5.41, 5.74) is 3.64. The van der Waals surface area contributed by atoms with Crippen LogP contribution in [0.1, 0.15) is 6.92 Å². The maximum Gasteiger partial charge on any atom is 0.277 e. The molecule has 1 amide bonds. The van der Waals surface area contributed by atoms with E-state index in [0.717, 1.165) is 22.4 Å². The summed E-state index contributed by atoms with van der Waals surface area (Å²) in [5.74, 6) is 0.313. The van der Waals surface area contributed by atoms with Crippen LogP contribution in [0.2, 0.25) is 0 Å². The van der Waals surface area contributed by atoms with Gasteiger partial charge in [0.15, 0.2) is 0 Å². The van der Waals surface area contributed by atoms with Crippen LogP contribution in [-0.4, -0.2) is 21.4 Å². The third-order valence-electron chi connectivity index (χ3n) is 4.34. The molecule has 4 rings (SSSR count). The standard InChI is InChI=1S/C23H19N3O2S/c1-16(29-23-26-25-22(28-23)18-12-6-3-7-13-18)21(27)24-20-15-9-8-14-19(20)17-10-4-2-5-11-17/h2-16H,1H3,(H,24,27)/t16-/m0/s1. The van der Waals surface area contributed by atoms with E-state index in [-0.39, 0.29) is 5.91 Å².